The Morgan fingerprint density at radius 3 is 2.93 bits per heavy atom. The number of halogens is 1. The van der Waals surface area contributed by atoms with Gasteiger partial charge in [0.25, 0.3) is 0 Å². The van der Waals surface area contributed by atoms with Gasteiger partial charge in [0.15, 0.2) is 0 Å². The van der Waals surface area contributed by atoms with E-state index in [0.29, 0.717) is 6.61 Å². The first-order chi connectivity index (χ1) is 7.27. The molecule has 0 amide bonds. The molecule has 0 aromatic carbocycles. The molecule has 0 fully saturated rings. The lowest BCUT2D eigenvalue weighted by molar-refractivity contribution is 0.188. The van der Waals surface area contributed by atoms with Gasteiger partial charge >= 0.3 is 0 Å². The molecule has 0 aliphatic rings. The summed E-state index contributed by atoms with van der Waals surface area (Å²) in [7, 11) is 1.65. The zero-order chi connectivity index (χ0) is 11.1. The van der Waals surface area contributed by atoms with Gasteiger partial charge < -0.3 is 4.74 Å². The first-order valence-electron chi connectivity index (χ1n) is 4.84. The van der Waals surface area contributed by atoms with Gasteiger partial charge in [0.2, 0.25) is 0 Å². The molecular weight excluding hydrogens is 197 g/mol. The predicted molar refractivity (Wildman–Crippen MR) is 55.4 cm³/mol. The lowest BCUT2D eigenvalue weighted by Crippen LogP contribution is -2.28. The summed E-state index contributed by atoms with van der Waals surface area (Å²) in [5, 5.41) is 0. The average Bonchev–Trinajstić information content (AvgIpc) is 2.26. The summed E-state index contributed by atoms with van der Waals surface area (Å²) in [6.45, 7) is 0.680. The molecule has 3 N–H and O–H groups in total. The number of nitrogens with two attached hydrogens (primary N) is 1. The van der Waals surface area contributed by atoms with Gasteiger partial charge in [-0.25, -0.2) is 4.39 Å². The van der Waals surface area contributed by atoms with Gasteiger partial charge in [-0.05, 0) is 25.0 Å². The van der Waals surface area contributed by atoms with Crippen molar-refractivity contribution in [3.63, 3.8) is 0 Å². The Kier molecular flexibility index (Phi) is 5.17. The van der Waals surface area contributed by atoms with E-state index in [4.69, 9.17) is 10.6 Å². The molecule has 0 spiro atoms. The summed E-state index contributed by atoms with van der Waals surface area (Å²) in [4.78, 5) is 3.97. The number of hydrogen-bond donors (Lipinski definition) is 2. The smallest absolute Gasteiger partial charge is 0.141 e. The fraction of sp³-hybridized carbons (Fsp3) is 0.500. The van der Waals surface area contributed by atoms with Gasteiger partial charge in [-0.1, -0.05) is 0 Å². The number of hydrazine groups is 1. The largest absolute Gasteiger partial charge is 0.385 e. The Hall–Kier alpha value is -1.04. The van der Waals surface area contributed by atoms with E-state index in [0.717, 1.165) is 18.5 Å². The van der Waals surface area contributed by atoms with E-state index in [1.807, 2.05) is 0 Å². The minimum absolute atomic E-state index is 0.0549. The minimum Gasteiger partial charge on any atom is -0.385 e. The van der Waals surface area contributed by atoms with Gasteiger partial charge in [-0.2, -0.15) is 0 Å². The van der Waals surface area contributed by atoms with Crippen LogP contribution >= 0.6 is 0 Å². The van der Waals surface area contributed by atoms with Crippen LogP contribution in [0.1, 0.15) is 24.6 Å². The van der Waals surface area contributed by atoms with Gasteiger partial charge in [0, 0.05) is 13.7 Å². The molecule has 0 aliphatic heterocycles. The van der Waals surface area contributed by atoms with Gasteiger partial charge in [-0.15, -0.1) is 0 Å². The second-order valence-corrected chi connectivity index (χ2v) is 3.26. The van der Waals surface area contributed by atoms with E-state index < -0.39 is 0 Å². The standard InChI is InChI=1S/C10H16FN3O/c1-15-6-2-3-10(14-12)9-5-4-8(11)7-13-9/h4-5,7,10,14H,2-3,6,12H2,1H3. The van der Waals surface area contributed by atoms with Crippen molar-refractivity contribution >= 4 is 0 Å². The summed E-state index contributed by atoms with van der Waals surface area (Å²) in [6, 6.07) is 2.95. The fourth-order valence-corrected chi connectivity index (χ4v) is 1.34. The van der Waals surface area contributed by atoms with E-state index in [9.17, 15) is 4.39 Å². The van der Waals surface area contributed by atoms with Crippen molar-refractivity contribution in [2.24, 2.45) is 5.84 Å². The Labute approximate surface area is 88.6 Å². The van der Waals surface area contributed by atoms with Crippen LogP contribution in [-0.4, -0.2) is 18.7 Å². The highest BCUT2D eigenvalue weighted by molar-refractivity contribution is 5.09. The van der Waals surface area contributed by atoms with E-state index in [2.05, 4.69) is 10.4 Å². The van der Waals surface area contributed by atoms with Crippen molar-refractivity contribution < 1.29 is 9.13 Å². The summed E-state index contributed by atoms with van der Waals surface area (Å²) in [6.07, 6.45) is 2.88. The zero-order valence-corrected chi connectivity index (χ0v) is 8.74. The number of rotatable bonds is 6. The second-order valence-electron chi connectivity index (χ2n) is 3.26. The number of ether oxygens (including phenoxy) is 1. The zero-order valence-electron chi connectivity index (χ0n) is 8.74. The Balaban J connectivity index is 2.53. The highest BCUT2D eigenvalue weighted by atomic mass is 19.1. The summed E-state index contributed by atoms with van der Waals surface area (Å²) >= 11 is 0. The second kappa shape index (κ2) is 6.44. The number of nitrogens with one attached hydrogen (secondary N) is 1. The number of aromatic nitrogens is 1. The van der Waals surface area contributed by atoms with Crippen molar-refractivity contribution in [1.82, 2.24) is 10.4 Å². The average molecular weight is 213 g/mol. The van der Waals surface area contributed by atoms with Crippen LogP contribution in [0.2, 0.25) is 0 Å². The van der Waals surface area contributed by atoms with Crippen LogP contribution in [-0.2, 0) is 4.74 Å². The first kappa shape index (κ1) is 12.0. The van der Waals surface area contributed by atoms with Gasteiger partial charge in [-0.3, -0.25) is 16.3 Å². The monoisotopic (exact) mass is 213 g/mol. The quantitative estimate of drug-likeness (QED) is 0.423. The highest BCUT2D eigenvalue weighted by Gasteiger charge is 2.10. The third-order valence-electron chi connectivity index (χ3n) is 2.15. The minimum atomic E-state index is -0.341. The molecule has 1 unspecified atom stereocenters. The van der Waals surface area contributed by atoms with Crippen LogP contribution in [0, 0.1) is 5.82 Å². The molecule has 1 rings (SSSR count). The maximum atomic E-state index is 12.6. The summed E-state index contributed by atoms with van der Waals surface area (Å²) in [5.41, 5.74) is 3.40. The van der Waals surface area contributed by atoms with Crippen molar-refractivity contribution in [3.05, 3.63) is 29.8 Å². The molecule has 84 valence electrons. The topological polar surface area (TPSA) is 60.2 Å². The Bertz CT molecular complexity index is 279. The third-order valence-corrected chi connectivity index (χ3v) is 2.15. The molecule has 0 saturated carbocycles. The molecule has 1 heterocycles. The SMILES string of the molecule is COCCCC(NN)c1ccc(F)cn1. The van der Waals surface area contributed by atoms with E-state index >= 15 is 0 Å². The van der Waals surface area contributed by atoms with Crippen LogP contribution in [0.15, 0.2) is 18.3 Å². The number of nitrogens with zero attached hydrogens (tertiary/aromatic N) is 1. The molecule has 1 atom stereocenters. The first-order valence-corrected chi connectivity index (χ1v) is 4.84. The molecule has 5 heteroatoms. The number of hydrogen-bond acceptors (Lipinski definition) is 4. The molecule has 0 saturated heterocycles. The van der Waals surface area contributed by atoms with Crippen molar-refractivity contribution in [3.8, 4) is 0 Å². The summed E-state index contributed by atoms with van der Waals surface area (Å²) < 4.78 is 17.6. The molecule has 15 heavy (non-hydrogen) atoms. The van der Waals surface area contributed by atoms with Crippen molar-refractivity contribution in [2.45, 2.75) is 18.9 Å². The lowest BCUT2D eigenvalue weighted by atomic mass is 10.1. The van der Waals surface area contributed by atoms with E-state index in [1.54, 1.807) is 13.2 Å². The molecule has 0 aliphatic carbocycles. The number of pyridine rings is 1. The normalized spacial score (nSPS) is 12.7. The van der Waals surface area contributed by atoms with Crippen LogP contribution in [0.3, 0.4) is 0 Å². The van der Waals surface area contributed by atoms with Crippen LogP contribution in [0.4, 0.5) is 4.39 Å². The highest BCUT2D eigenvalue weighted by Crippen LogP contribution is 2.15. The van der Waals surface area contributed by atoms with E-state index in [-0.39, 0.29) is 11.9 Å². The van der Waals surface area contributed by atoms with Crippen LogP contribution < -0.4 is 11.3 Å². The molecule has 1 aromatic rings. The van der Waals surface area contributed by atoms with Crippen molar-refractivity contribution in [1.29, 1.82) is 0 Å². The molecule has 0 radical (unpaired) electrons. The van der Waals surface area contributed by atoms with Gasteiger partial charge in [0.1, 0.15) is 5.82 Å². The molecule has 1 aromatic heterocycles. The third kappa shape index (κ3) is 3.91. The molecule has 0 bridgehead atoms. The Morgan fingerprint density at radius 1 is 1.60 bits per heavy atom. The fourth-order valence-electron chi connectivity index (χ4n) is 1.34. The Morgan fingerprint density at radius 2 is 2.40 bits per heavy atom. The summed E-state index contributed by atoms with van der Waals surface area (Å²) in [5.74, 6) is 5.06. The lowest BCUT2D eigenvalue weighted by Gasteiger charge is -2.14. The van der Waals surface area contributed by atoms with Crippen molar-refractivity contribution in [2.75, 3.05) is 13.7 Å². The van der Waals surface area contributed by atoms with Crippen LogP contribution in [0.5, 0.6) is 0 Å². The van der Waals surface area contributed by atoms with Crippen LogP contribution in [0.25, 0.3) is 0 Å². The van der Waals surface area contributed by atoms with Gasteiger partial charge in [0.05, 0.1) is 17.9 Å². The number of methoxy groups -OCH3 is 1. The maximum absolute atomic E-state index is 12.6. The maximum Gasteiger partial charge on any atom is 0.141 e. The predicted octanol–water partition coefficient (Wildman–Crippen LogP) is 1.15. The molecular formula is C10H16FN3O. The van der Waals surface area contributed by atoms with E-state index in [1.165, 1.54) is 12.3 Å². The molecule has 4 nitrogen and oxygen atoms in total.